The van der Waals surface area contributed by atoms with Crippen molar-refractivity contribution in [3.8, 4) is 5.75 Å². The van der Waals surface area contributed by atoms with Gasteiger partial charge in [0.05, 0.1) is 12.6 Å². The van der Waals surface area contributed by atoms with Crippen molar-refractivity contribution in [1.82, 2.24) is 15.1 Å². The molecule has 0 radical (unpaired) electrons. The number of methoxy groups -OCH3 is 1. The maximum atomic E-state index is 12.2. The lowest BCUT2D eigenvalue weighted by Crippen LogP contribution is -2.46. The van der Waals surface area contributed by atoms with Crippen molar-refractivity contribution in [1.29, 1.82) is 0 Å². The minimum absolute atomic E-state index is 0.338. The van der Waals surface area contributed by atoms with E-state index in [9.17, 15) is 9.59 Å². The fraction of sp³-hybridized carbons (Fsp3) is 0.353. The number of carbonyl (C=O) groups excluding carboxylic acids is 2. The van der Waals surface area contributed by atoms with Crippen molar-refractivity contribution in [2.75, 3.05) is 12.4 Å². The Labute approximate surface area is 141 Å². The molecule has 0 spiro atoms. The topological polar surface area (TPSA) is 85.2 Å². The number of nitrogens with zero attached hydrogens (tertiary/aromatic N) is 2. The fourth-order valence-corrected chi connectivity index (χ4v) is 2.36. The van der Waals surface area contributed by atoms with Gasteiger partial charge in [-0.1, -0.05) is 18.2 Å². The molecule has 7 nitrogen and oxygen atoms in total. The number of ether oxygens (including phenoxy) is 1. The average molecular weight is 330 g/mol. The van der Waals surface area contributed by atoms with Gasteiger partial charge in [0.2, 0.25) is 0 Å². The zero-order valence-corrected chi connectivity index (χ0v) is 14.5. The number of carbonyl (C=O) groups is 2. The van der Waals surface area contributed by atoms with E-state index in [2.05, 4.69) is 15.7 Å². The molecule has 0 atom stereocenters. The summed E-state index contributed by atoms with van der Waals surface area (Å²) in [5.74, 6) is -0.529. The largest absolute Gasteiger partial charge is 0.496 e. The third kappa shape index (κ3) is 3.73. The van der Waals surface area contributed by atoms with Crippen LogP contribution in [0.1, 0.15) is 25.1 Å². The summed E-state index contributed by atoms with van der Waals surface area (Å²) < 4.78 is 6.94. The Bertz CT molecular complexity index is 745. The molecule has 1 aromatic carbocycles. The Hall–Kier alpha value is -2.83. The second kappa shape index (κ2) is 6.74. The molecule has 7 heteroatoms. The van der Waals surface area contributed by atoms with E-state index in [0.717, 1.165) is 11.3 Å². The minimum Gasteiger partial charge on any atom is -0.496 e. The molecule has 2 N–H and O–H groups in total. The van der Waals surface area contributed by atoms with Crippen molar-refractivity contribution in [2.24, 2.45) is 7.05 Å². The molecule has 0 aliphatic rings. The summed E-state index contributed by atoms with van der Waals surface area (Å²) in [7, 11) is 3.32. The highest BCUT2D eigenvalue weighted by Gasteiger charge is 2.29. The van der Waals surface area contributed by atoms with Crippen molar-refractivity contribution < 1.29 is 14.3 Å². The first-order valence-electron chi connectivity index (χ1n) is 7.52. The first-order chi connectivity index (χ1) is 11.2. The normalized spacial score (nSPS) is 11.0. The summed E-state index contributed by atoms with van der Waals surface area (Å²) in [5.41, 5.74) is 0.878. The Kier molecular flexibility index (Phi) is 4.92. The lowest BCUT2D eigenvalue weighted by Gasteiger charge is -2.28. The van der Waals surface area contributed by atoms with Gasteiger partial charge in [-0.2, -0.15) is 5.10 Å². The van der Waals surface area contributed by atoms with Gasteiger partial charge in [-0.15, -0.1) is 0 Å². The second-order valence-electron chi connectivity index (χ2n) is 6.03. The van der Waals surface area contributed by atoms with Crippen LogP contribution in [0.25, 0.3) is 0 Å². The Morgan fingerprint density at radius 1 is 1.21 bits per heavy atom. The molecular weight excluding hydrogens is 308 g/mol. The van der Waals surface area contributed by atoms with Gasteiger partial charge in [0.1, 0.15) is 5.75 Å². The summed E-state index contributed by atoms with van der Waals surface area (Å²) in [6.07, 6.45) is 0. The Balaban J connectivity index is 2.10. The molecule has 128 valence electrons. The predicted octanol–water partition coefficient (Wildman–Crippen LogP) is 1.73. The van der Waals surface area contributed by atoms with Crippen LogP contribution in [0.15, 0.2) is 30.3 Å². The average Bonchev–Trinajstić information content (AvgIpc) is 2.84. The van der Waals surface area contributed by atoms with E-state index in [1.165, 1.54) is 0 Å². The van der Waals surface area contributed by atoms with Gasteiger partial charge in [0.25, 0.3) is 0 Å². The highest BCUT2D eigenvalue weighted by atomic mass is 16.5. The predicted molar refractivity (Wildman–Crippen MR) is 90.7 cm³/mol. The van der Waals surface area contributed by atoms with E-state index < -0.39 is 17.4 Å². The molecule has 0 unspecified atom stereocenters. The van der Waals surface area contributed by atoms with Crippen molar-refractivity contribution >= 4 is 17.6 Å². The van der Waals surface area contributed by atoms with Crippen molar-refractivity contribution in [2.45, 2.75) is 26.3 Å². The molecule has 2 rings (SSSR count). The second-order valence-corrected chi connectivity index (χ2v) is 6.03. The van der Waals surface area contributed by atoms with Crippen LogP contribution in [-0.2, 0) is 22.2 Å². The highest BCUT2D eigenvalue weighted by Crippen LogP contribution is 2.29. The lowest BCUT2D eigenvalue weighted by atomic mass is 9.93. The van der Waals surface area contributed by atoms with E-state index in [0.29, 0.717) is 11.6 Å². The molecule has 0 aliphatic heterocycles. The van der Waals surface area contributed by atoms with Crippen LogP contribution < -0.4 is 15.4 Å². The van der Waals surface area contributed by atoms with Crippen LogP contribution >= 0.6 is 0 Å². The molecule has 0 saturated heterocycles. The number of aryl methyl sites for hydroxylation is 2. The van der Waals surface area contributed by atoms with Gasteiger partial charge in [0.15, 0.2) is 5.82 Å². The van der Waals surface area contributed by atoms with Crippen LogP contribution in [0.4, 0.5) is 5.82 Å². The quantitative estimate of drug-likeness (QED) is 0.836. The van der Waals surface area contributed by atoms with E-state index in [1.54, 1.807) is 44.8 Å². The number of rotatable bonds is 4. The summed E-state index contributed by atoms with van der Waals surface area (Å²) >= 11 is 0. The number of nitrogens with one attached hydrogen (secondary N) is 2. The maximum absolute atomic E-state index is 12.2. The van der Waals surface area contributed by atoms with Crippen LogP contribution in [-0.4, -0.2) is 28.7 Å². The number of benzene rings is 1. The number of hydrogen-bond donors (Lipinski definition) is 2. The molecule has 0 saturated carbocycles. The van der Waals surface area contributed by atoms with Gasteiger partial charge >= 0.3 is 11.8 Å². The number of aromatic nitrogens is 2. The van der Waals surface area contributed by atoms with Crippen molar-refractivity contribution in [3.63, 3.8) is 0 Å². The lowest BCUT2D eigenvalue weighted by molar-refractivity contribution is -0.137. The van der Waals surface area contributed by atoms with Crippen LogP contribution in [0, 0.1) is 6.92 Å². The monoisotopic (exact) mass is 330 g/mol. The van der Waals surface area contributed by atoms with Gasteiger partial charge in [-0.3, -0.25) is 14.3 Å². The molecule has 1 aromatic heterocycles. The summed E-state index contributed by atoms with van der Waals surface area (Å²) in [5, 5.41) is 9.31. The molecule has 24 heavy (non-hydrogen) atoms. The maximum Gasteiger partial charge on any atom is 0.314 e. The molecule has 2 aromatic rings. The highest BCUT2D eigenvalue weighted by molar-refractivity contribution is 6.39. The summed E-state index contributed by atoms with van der Waals surface area (Å²) in [6, 6.07) is 9.04. The minimum atomic E-state index is -0.777. The van der Waals surface area contributed by atoms with Crippen LogP contribution in [0.3, 0.4) is 0 Å². The van der Waals surface area contributed by atoms with Crippen molar-refractivity contribution in [3.05, 3.63) is 41.6 Å². The first kappa shape index (κ1) is 17.5. The van der Waals surface area contributed by atoms with Crippen LogP contribution in [0.2, 0.25) is 0 Å². The number of para-hydroxylation sites is 1. The molecular formula is C17H22N4O3. The number of hydrogen-bond acceptors (Lipinski definition) is 4. The van der Waals surface area contributed by atoms with Gasteiger partial charge in [0, 0.05) is 24.4 Å². The Morgan fingerprint density at radius 2 is 1.88 bits per heavy atom. The van der Waals surface area contributed by atoms with Gasteiger partial charge in [-0.05, 0) is 26.8 Å². The SMILES string of the molecule is COc1ccccc1C(C)(C)NC(=O)C(=O)Nc1cc(C)n(C)n1. The van der Waals surface area contributed by atoms with E-state index in [1.807, 2.05) is 25.1 Å². The summed E-state index contributed by atoms with van der Waals surface area (Å²) in [4.78, 5) is 24.3. The molecule has 0 bridgehead atoms. The first-order valence-corrected chi connectivity index (χ1v) is 7.52. The third-order valence-electron chi connectivity index (χ3n) is 3.77. The molecule has 1 heterocycles. The molecule has 0 aliphatic carbocycles. The Morgan fingerprint density at radius 3 is 2.46 bits per heavy atom. The van der Waals surface area contributed by atoms with Gasteiger partial charge < -0.3 is 15.4 Å². The van der Waals surface area contributed by atoms with E-state index in [4.69, 9.17) is 4.74 Å². The fourth-order valence-electron chi connectivity index (χ4n) is 2.36. The van der Waals surface area contributed by atoms with E-state index in [-0.39, 0.29) is 0 Å². The van der Waals surface area contributed by atoms with Gasteiger partial charge in [-0.25, -0.2) is 0 Å². The zero-order valence-electron chi connectivity index (χ0n) is 14.5. The standard InChI is InChI=1S/C17H22N4O3/c1-11-10-14(20-21(11)4)18-15(22)16(23)19-17(2,3)12-8-6-7-9-13(12)24-5/h6-10H,1-5H3,(H,19,23)(H,18,20,22). The smallest absolute Gasteiger partial charge is 0.314 e. The van der Waals surface area contributed by atoms with E-state index >= 15 is 0 Å². The third-order valence-corrected chi connectivity index (χ3v) is 3.77. The molecule has 2 amide bonds. The zero-order chi connectivity index (χ0) is 17.9. The summed E-state index contributed by atoms with van der Waals surface area (Å²) in [6.45, 7) is 5.47. The number of anilines is 1. The number of amides is 2. The molecule has 0 fully saturated rings. The van der Waals surface area contributed by atoms with Crippen LogP contribution in [0.5, 0.6) is 5.75 Å².